The molecule has 0 fully saturated rings. The number of carbonyl (C=O) groups is 1. The molecule has 0 unspecified atom stereocenters. The van der Waals surface area contributed by atoms with E-state index in [-0.39, 0.29) is 18.0 Å². The standard InChI is InChI=1S/C13H19N3O4.ClH/c1-3-13(14,4-2)8-15-12(18)9-5-6-10(16(19)20)11(17)7-9;/h5-7,17H,3-4,8,14H2,1-2H3,(H,15,18);1H. The normalized spacial score (nSPS) is 10.6. The quantitative estimate of drug-likeness (QED) is 0.547. The summed E-state index contributed by atoms with van der Waals surface area (Å²) in [5.74, 6) is -0.959. The van der Waals surface area contributed by atoms with Crippen molar-refractivity contribution in [2.75, 3.05) is 6.54 Å². The van der Waals surface area contributed by atoms with Gasteiger partial charge in [0.25, 0.3) is 5.91 Å². The number of nitrogens with zero attached hydrogens (tertiary/aromatic N) is 1. The predicted octanol–water partition coefficient (Wildman–Crippen LogP) is 1.97. The Morgan fingerprint density at radius 1 is 1.43 bits per heavy atom. The third kappa shape index (κ3) is 4.87. The monoisotopic (exact) mass is 317 g/mol. The fourth-order valence-electron chi connectivity index (χ4n) is 1.68. The van der Waals surface area contributed by atoms with Gasteiger partial charge in [0.05, 0.1) is 4.92 Å². The first-order valence-corrected chi connectivity index (χ1v) is 6.37. The minimum atomic E-state index is -0.712. The molecule has 1 rings (SSSR count). The van der Waals surface area contributed by atoms with Gasteiger partial charge in [0.2, 0.25) is 0 Å². The molecule has 0 heterocycles. The van der Waals surface area contributed by atoms with Gasteiger partial charge in [-0.2, -0.15) is 0 Å². The molecular weight excluding hydrogens is 298 g/mol. The molecule has 0 spiro atoms. The van der Waals surface area contributed by atoms with Crippen molar-refractivity contribution in [1.82, 2.24) is 5.32 Å². The Hall–Kier alpha value is -1.86. The van der Waals surface area contributed by atoms with Crippen LogP contribution < -0.4 is 11.1 Å². The first-order chi connectivity index (χ1) is 9.33. The summed E-state index contributed by atoms with van der Waals surface area (Å²) in [7, 11) is 0. The average Bonchev–Trinajstić information content (AvgIpc) is 2.43. The van der Waals surface area contributed by atoms with Crippen LogP contribution in [0.5, 0.6) is 5.75 Å². The summed E-state index contributed by atoms with van der Waals surface area (Å²) < 4.78 is 0. The Balaban J connectivity index is 0.00000400. The van der Waals surface area contributed by atoms with E-state index in [1.165, 1.54) is 6.07 Å². The number of nitro groups is 1. The number of rotatable bonds is 6. The van der Waals surface area contributed by atoms with E-state index >= 15 is 0 Å². The molecule has 0 aliphatic heterocycles. The Kier molecular flexibility index (Phi) is 7.11. The van der Waals surface area contributed by atoms with Gasteiger partial charge in [-0.15, -0.1) is 12.4 Å². The van der Waals surface area contributed by atoms with E-state index in [4.69, 9.17) is 5.73 Å². The zero-order valence-corrected chi connectivity index (χ0v) is 12.8. The number of hydrogen-bond acceptors (Lipinski definition) is 5. The highest BCUT2D eigenvalue weighted by Gasteiger charge is 2.22. The number of nitrogens with two attached hydrogens (primary N) is 1. The smallest absolute Gasteiger partial charge is 0.310 e. The molecular formula is C13H20ClN3O4. The molecule has 1 amide bonds. The molecule has 118 valence electrons. The number of phenols is 1. The van der Waals surface area contributed by atoms with Crippen molar-refractivity contribution >= 4 is 24.0 Å². The van der Waals surface area contributed by atoms with Gasteiger partial charge in [-0.3, -0.25) is 14.9 Å². The highest BCUT2D eigenvalue weighted by Crippen LogP contribution is 2.26. The molecule has 0 aliphatic carbocycles. The summed E-state index contributed by atoms with van der Waals surface area (Å²) in [6.45, 7) is 4.18. The van der Waals surface area contributed by atoms with E-state index in [0.29, 0.717) is 6.54 Å². The van der Waals surface area contributed by atoms with Crippen LogP contribution in [0.2, 0.25) is 0 Å². The van der Waals surface area contributed by atoms with Crippen molar-refractivity contribution < 1.29 is 14.8 Å². The lowest BCUT2D eigenvalue weighted by atomic mass is 9.94. The number of amides is 1. The van der Waals surface area contributed by atoms with Crippen LogP contribution in [-0.4, -0.2) is 28.0 Å². The zero-order valence-electron chi connectivity index (χ0n) is 12.0. The summed E-state index contributed by atoms with van der Waals surface area (Å²) in [5, 5.41) is 22.7. The van der Waals surface area contributed by atoms with Gasteiger partial charge < -0.3 is 16.2 Å². The van der Waals surface area contributed by atoms with Gasteiger partial charge in [-0.25, -0.2) is 0 Å². The van der Waals surface area contributed by atoms with E-state index in [1.807, 2.05) is 13.8 Å². The van der Waals surface area contributed by atoms with Crippen LogP contribution in [0.15, 0.2) is 18.2 Å². The van der Waals surface area contributed by atoms with Gasteiger partial charge in [0.15, 0.2) is 5.75 Å². The second-order valence-electron chi connectivity index (χ2n) is 4.71. The fraction of sp³-hybridized carbons (Fsp3) is 0.462. The van der Waals surface area contributed by atoms with E-state index in [1.54, 1.807) is 0 Å². The Bertz CT molecular complexity index is 518. The van der Waals surface area contributed by atoms with Gasteiger partial charge in [-0.05, 0) is 25.0 Å². The maximum atomic E-state index is 11.9. The Morgan fingerprint density at radius 3 is 2.43 bits per heavy atom. The molecule has 0 radical (unpaired) electrons. The topological polar surface area (TPSA) is 118 Å². The minimum Gasteiger partial charge on any atom is -0.502 e. The lowest BCUT2D eigenvalue weighted by Crippen LogP contribution is -2.49. The van der Waals surface area contributed by atoms with E-state index in [2.05, 4.69) is 5.32 Å². The summed E-state index contributed by atoms with van der Waals surface area (Å²) in [5.41, 5.74) is 5.31. The van der Waals surface area contributed by atoms with Crippen molar-refractivity contribution in [1.29, 1.82) is 0 Å². The zero-order chi connectivity index (χ0) is 15.3. The second kappa shape index (κ2) is 7.80. The summed E-state index contributed by atoms with van der Waals surface area (Å²) >= 11 is 0. The lowest BCUT2D eigenvalue weighted by Gasteiger charge is -2.26. The predicted molar refractivity (Wildman–Crippen MR) is 81.8 cm³/mol. The van der Waals surface area contributed by atoms with Crippen LogP contribution in [0, 0.1) is 10.1 Å². The van der Waals surface area contributed by atoms with Crippen molar-refractivity contribution in [2.24, 2.45) is 5.73 Å². The van der Waals surface area contributed by atoms with Crippen LogP contribution in [0.4, 0.5) is 5.69 Å². The van der Waals surface area contributed by atoms with Crippen LogP contribution >= 0.6 is 12.4 Å². The third-order valence-corrected chi connectivity index (χ3v) is 3.44. The van der Waals surface area contributed by atoms with Crippen molar-refractivity contribution in [2.45, 2.75) is 32.2 Å². The van der Waals surface area contributed by atoms with E-state index in [0.717, 1.165) is 25.0 Å². The molecule has 1 aromatic carbocycles. The van der Waals surface area contributed by atoms with Crippen LogP contribution in [0.25, 0.3) is 0 Å². The van der Waals surface area contributed by atoms with Gasteiger partial charge >= 0.3 is 5.69 Å². The molecule has 7 nitrogen and oxygen atoms in total. The molecule has 8 heteroatoms. The molecule has 0 saturated heterocycles. The maximum Gasteiger partial charge on any atom is 0.310 e. The first-order valence-electron chi connectivity index (χ1n) is 6.37. The maximum absolute atomic E-state index is 11.9. The Labute approximate surface area is 129 Å². The number of hydrogen-bond donors (Lipinski definition) is 3. The van der Waals surface area contributed by atoms with Gasteiger partial charge in [0.1, 0.15) is 0 Å². The largest absolute Gasteiger partial charge is 0.502 e. The fourth-order valence-corrected chi connectivity index (χ4v) is 1.68. The Morgan fingerprint density at radius 2 is 2.00 bits per heavy atom. The van der Waals surface area contributed by atoms with Crippen molar-refractivity contribution in [3.05, 3.63) is 33.9 Å². The molecule has 1 aromatic rings. The highest BCUT2D eigenvalue weighted by atomic mass is 35.5. The van der Waals surface area contributed by atoms with Crippen LogP contribution in [-0.2, 0) is 0 Å². The molecule has 0 aromatic heterocycles. The molecule has 0 saturated carbocycles. The number of halogens is 1. The van der Waals surface area contributed by atoms with E-state index < -0.39 is 27.8 Å². The van der Waals surface area contributed by atoms with Crippen LogP contribution in [0.3, 0.4) is 0 Å². The summed E-state index contributed by atoms with van der Waals surface area (Å²) in [6.07, 6.45) is 1.44. The van der Waals surface area contributed by atoms with Gasteiger partial charge in [-0.1, -0.05) is 13.8 Å². The molecule has 0 aliphatic rings. The number of phenolic OH excluding ortho intramolecular Hbond substituents is 1. The highest BCUT2D eigenvalue weighted by molar-refractivity contribution is 5.95. The molecule has 21 heavy (non-hydrogen) atoms. The molecule has 4 N–H and O–H groups in total. The SMILES string of the molecule is CCC(N)(CC)CNC(=O)c1ccc([N+](=O)[O-])c(O)c1.Cl. The van der Waals surface area contributed by atoms with Gasteiger partial charge in [0, 0.05) is 23.7 Å². The summed E-state index contributed by atoms with van der Waals surface area (Å²) in [6, 6.07) is 3.46. The molecule has 0 bridgehead atoms. The second-order valence-corrected chi connectivity index (χ2v) is 4.71. The third-order valence-electron chi connectivity index (χ3n) is 3.44. The average molecular weight is 318 g/mol. The number of aromatic hydroxyl groups is 1. The van der Waals surface area contributed by atoms with E-state index in [9.17, 15) is 20.0 Å². The number of carbonyl (C=O) groups excluding carboxylic acids is 1. The van der Waals surface area contributed by atoms with Crippen molar-refractivity contribution in [3.8, 4) is 5.75 Å². The minimum absolute atomic E-state index is 0. The molecule has 0 atom stereocenters. The number of benzene rings is 1. The van der Waals surface area contributed by atoms with Crippen LogP contribution in [0.1, 0.15) is 37.0 Å². The summed E-state index contributed by atoms with van der Waals surface area (Å²) in [4.78, 5) is 21.8. The lowest BCUT2D eigenvalue weighted by molar-refractivity contribution is -0.385. The number of nitro benzene ring substituents is 1. The number of nitrogens with one attached hydrogen (secondary N) is 1. The first kappa shape index (κ1) is 19.1. The van der Waals surface area contributed by atoms with Crippen molar-refractivity contribution in [3.63, 3.8) is 0 Å².